The normalized spacial score (nSPS) is 13.0. The highest BCUT2D eigenvalue weighted by Gasteiger charge is 2.29. The first-order valence-corrected chi connectivity index (χ1v) is 13.1. The van der Waals surface area contributed by atoms with Crippen molar-refractivity contribution >= 4 is 64.1 Å². The topological polar surface area (TPSA) is 40.5 Å². The fourth-order valence-corrected chi connectivity index (χ4v) is 8.09. The van der Waals surface area contributed by atoms with Gasteiger partial charge in [-0.3, -0.25) is 0 Å². The molecule has 0 fully saturated rings. The largest absolute Gasteiger partial charge is 0.386 e. The fraction of sp³-hybridized carbons (Fsp3) is 0.250. The molecule has 0 amide bonds. The summed E-state index contributed by atoms with van der Waals surface area (Å²) in [6.07, 6.45) is 0. The SMILES string of the molecule is CC(C)(O)c1cc(-c2cc3sccc3s2)c(C(C)(C)O)cc1-c1cc2sccc2s1. The van der Waals surface area contributed by atoms with Gasteiger partial charge in [-0.1, -0.05) is 0 Å². The number of fused-ring (bicyclic) bond motifs is 2. The van der Waals surface area contributed by atoms with E-state index in [1.165, 1.54) is 18.8 Å². The van der Waals surface area contributed by atoms with E-state index in [0.717, 1.165) is 32.0 Å². The molecule has 2 N–H and O–H groups in total. The Morgan fingerprint density at radius 2 is 1.00 bits per heavy atom. The highest BCUT2D eigenvalue weighted by molar-refractivity contribution is 7.29. The van der Waals surface area contributed by atoms with Crippen LogP contribution in [0.1, 0.15) is 38.8 Å². The van der Waals surface area contributed by atoms with Crippen LogP contribution >= 0.6 is 45.3 Å². The molecule has 0 atom stereocenters. The van der Waals surface area contributed by atoms with E-state index in [4.69, 9.17) is 0 Å². The molecule has 4 heterocycles. The van der Waals surface area contributed by atoms with Crippen LogP contribution in [-0.4, -0.2) is 10.2 Å². The first-order valence-electron chi connectivity index (χ1n) is 9.70. The van der Waals surface area contributed by atoms with E-state index in [1.807, 2.05) is 27.7 Å². The quantitative estimate of drug-likeness (QED) is 0.279. The van der Waals surface area contributed by atoms with Crippen molar-refractivity contribution in [3.8, 4) is 20.9 Å². The summed E-state index contributed by atoms with van der Waals surface area (Å²) in [6, 6.07) is 12.9. The van der Waals surface area contributed by atoms with Crippen LogP contribution in [0, 0.1) is 0 Å². The van der Waals surface area contributed by atoms with Crippen molar-refractivity contribution < 1.29 is 10.2 Å². The Hall–Kier alpha value is -1.54. The van der Waals surface area contributed by atoms with E-state index in [-0.39, 0.29) is 0 Å². The average molecular weight is 471 g/mol. The highest BCUT2D eigenvalue weighted by atomic mass is 32.1. The molecular formula is C24H22O2S4. The Balaban J connectivity index is 1.81. The zero-order valence-electron chi connectivity index (χ0n) is 17.1. The van der Waals surface area contributed by atoms with Crippen LogP contribution in [0.5, 0.6) is 0 Å². The summed E-state index contributed by atoms with van der Waals surface area (Å²) in [5.41, 5.74) is 1.75. The number of thiophene rings is 4. The summed E-state index contributed by atoms with van der Waals surface area (Å²) in [6.45, 7) is 7.34. The molecule has 0 unspecified atom stereocenters. The molecule has 1 aromatic carbocycles. The van der Waals surface area contributed by atoms with E-state index < -0.39 is 11.2 Å². The summed E-state index contributed by atoms with van der Waals surface area (Å²) in [4.78, 5) is 2.25. The van der Waals surface area contributed by atoms with Crippen LogP contribution < -0.4 is 0 Å². The summed E-state index contributed by atoms with van der Waals surface area (Å²) < 4.78 is 5.02. The maximum absolute atomic E-state index is 11.1. The van der Waals surface area contributed by atoms with Crippen LogP contribution in [-0.2, 0) is 11.2 Å². The molecule has 0 bridgehead atoms. The van der Waals surface area contributed by atoms with Crippen molar-refractivity contribution in [1.29, 1.82) is 0 Å². The van der Waals surface area contributed by atoms with Gasteiger partial charge in [-0.2, -0.15) is 0 Å². The predicted octanol–water partition coefficient (Wildman–Crippen LogP) is 8.03. The Morgan fingerprint density at radius 3 is 1.33 bits per heavy atom. The maximum atomic E-state index is 11.1. The molecule has 154 valence electrons. The lowest BCUT2D eigenvalue weighted by atomic mass is 9.83. The smallest absolute Gasteiger partial charge is 0.0847 e. The van der Waals surface area contributed by atoms with Crippen LogP contribution in [0.25, 0.3) is 39.7 Å². The van der Waals surface area contributed by atoms with Crippen molar-refractivity contribution in [2.45, 2.75) is 38.9 Å². The lowest BCUT2D eigenvalue weighted by molar-refractivity contribution is 0.0753. The first-order chi connectivity index (χ1) is 14.1. The van der Waals surface area contributed by atoms with Crippen LogP contribution in [0.4, 0.5) is 0 Å². The molecule has 0 aliphatic heterocycles. The lowest BCUT2D eigenvalue weighted by Gasteiger charge is -2.28. The molecule has 30 heavy (non-hydrogen) atoms. The second-order valence-corrected chi connectivity index (χ2v) is 12.6. The third-order valence-corrected chi connectivity index (χ3v) is 9.54. The number of benzene rings is 1. The van der Waals surface area contributed by atoms with E-state index >= 15 is 0 Å². The van der Waals surface area contributed by atoms with E-state index in [2.05, 4.69) is 47.2 Å². The van der Waals surface area contributed by atoms with E-state index in [1.54, 1.807) is 45.3 Å². The van der Waals surface area contributed by atoms with Gasteiger partial charge in [0.15, 0.2) is 0 Å². The molecule has 0 aliphatic carbocycles. The summed E-state index contributed by atoms with van der Waals surface area (Å²) in [5.74, 6) is 0. The minimum atomic E-state index is -1.01. The van der Waals surface area contributed by atoms with Gasteiger partial charge in [0, 0.05) is 28.6 Å². The molecule has 0 spiro atoms. The van der Waals surface area contributed by atoms with Crippen molar-refractivity contribution in [2.75, 3.05) is 0 Å². The van der Waals surface area contributed by atoms with E-state index in [9.17, 15) is 10.2 Å². The second-order valence-electron chi connectivity index (χ2n) is 8.58. The highest BCUT2D eigenvalue weighted by Crippen LogP contribution is 2.47. The second kappa shape index (κ2) is 6.99. The maximum Gasteiger partial charge on any atom is 0.0847 e. The standard InChI is InChI=1S/C24H22O2S4/c1-23(2,25)15-9-14(20-12-22-18(30-20)6-8-28-22)16(24(3,4)26)10-13(15)19-11-21-17(29-19)5-7-27-21/h5-12,25-26H,1-4H3. The molecule has 5 aromatic rings. The third-order valence-electron chi connectivity index (χ3n) is 5.29. The number of rotatable bonds is 4. The number of aliphatic hydroxyl groups is 2. The molecular weight excluding hydrogens is 449 g/mol. The Kier molecular flexibility index (Phi) is 4.74. The Labute approximate surface area is 191 Å². The monoisotopic (exact) mass is 470 g/mol. The molecule has 5 rings (SSSR count). The lowest BCUT2D eigenvalue weighted by Crippen LogP contribution is -2.21. The first kappa shape index (κ1) is 20.4. The molecule has 2 nitrogen and oxygen atoms in total. The number of hydrogen-bond acceptors (Lipinski definition) is 6. The van der Waals surface area contributed by atoms with Crippen molar-refractivity contribution in [2.24, 2.45) is 0 Å². The molecule has 0 saturated heterocycles. The van der Waals surface area contributed by atoms with Gasteiger partial charge in [-0.15, -0.1) is 45.3 Å². The van der Waals surface area contributed by atoms with Gasteiger partial charge in [0.25, 0.3) is 0 Å². The van der Waals surface area contributed by atoms with Crippen LogP contribution in [0.3, 0.4) is 0 Å². The van der Waals surface area contributed by atoms with Crippen LogP contribution in [0.15, 0.2) is 47.2 Å². The third kappa shape index (κ3) is 3.45. The zero-order valence-corrected chi connectivity index (χ0v) is 20.4. The summed E-state index contributed by atoms with van der Waals surface area (Å²) in [7, 11) is 0. The van der Waals surface area contributed by atoms with Crippen LogP contribution in [0.2, 0.25) is 0 Å². The van der Waals surface area contributed by atoms with Crippen molar-refractivity contribution in [1.82, 2.24) is 0 Å². The van der Waals surface area contributed by atoms with Gasteiger partial charge in [0.1, 0.15) is 0 Å². The van der Waals surface area contributed by atoms with Gasteiger partial charge in [-0.05, 0) is 97.1 Å². The molecule has 4 aromatic heterocycles. The average Bonchev–Trinajstić information content (AvgIpc) is 3.38. The molecule has 6 heteroatoms. The van der Waals surface area contributed by atoms with E-state index in [0.29, 0.717) is 0 Å². The summed E-state index contributed by atoms with van der Waals surface area (Å²) in [5, 5.41) is 26.4. The summed E-state index contributed by atoms with van der Waals surface area (Å²) >= 11 is 6.93. The van der Waals surface area contributed by atoms with Gasteiger partial charge in [-0.25, -0.2) is 0 Å². The zero-order chi connectivity index (χ0) is 21.3. The van der Waals surface area contributed by atoms with Crippen molar-refractivity contribution in [3.05, 3.63) is 58.3 Å². The van der Waals surface area contributed by atoms with Gasteiger partial charge in [0.2, 0.25) is 0 Å². The Morgan fingerprint density at radius 1 is 0.600 bits per heavy atom. The van der Waals surface area contributed by atoms with Crippen molar-refractivity contribution in [3.63, 3.8) is 0 Å². The molecule has 0 radical (unpaired) electrons. The van der Waals surface area contributed by atoms with Gasteiger partial charge >= 0.3 is 0 Å². The minimum Gasteiger partial charge on any atom is -0.386 e. The van der Waals surface area contributed by atoms with Gasteiger partial charge in [0.05, 0.1) is 11.2 Å². The molecule has 0 aliphatic rings. The predicted molar refractivity (Wildman–Crippen MR) is 134 cm³/mol. The van der Waals surface area contributed by atoms with Gasteiger partial charge < -0.3 is 10.2 Å². The fourth-order valence-electron chi connectivity index (χ4n) is 3.82. The molecule has 0 saturated carbocycles. The Bertz CT molecular complexity index is 1200. The minimum absolute atomic E-state index is 0.885. The number of hydrogen-bond donors (Lipinski definition) is 2.